The Balaban J connectivity index is 2.28. The Bertz CT molecular complexity index is 701. The van der Waals surface area contributed by atoms with Gasteiger partial charge >= 0.3 is 12.0 Å². The minimum Gasteiger partial charge on any atom is -0.468 e. The van der Waals surface area contributed by atoms with E-state index in [1.165, 1.54) is 19.1 Å². The van der Waals surface area contributed by atoms with Crippen LogP contribution in [-0.2, 0) is 24.7 Å². The molecular formula is C17H21N3O5. The molecule has 1 unspecified atom stereocenters. The smallest absolute Gasteiger partial charge is 0.328 e. The molecule has 1 aromatic carbocycles. The zero-order chi connectivity index (χ0) is 18.6. The Hall–Kier alpha value is -2.90. The molecule has 0 N–H and O–H groups in total. The van der Waals surface area contributed by atoms with E-state index in [1.807, 2.05) is 6.92 Å². The van der Waals surface area contributed by atoms with Crippen LogP contribution in [0.4, 0.5) is 4.79 Å². The lowest BCUT2D eigenvalue weighted by atomic mass is 9.90. The Morgan fingerprint density at radius 1 is 1.28 bits per heavy atom. The maximum Gasteiger partial charge on any atom is 0.328 e. The number of nitrogens with zero attached hydrogens (tertiary/aromatic N) is 3. The van der Waals surface area contributed by atoms with Crippen LogP contribution in [0.3, 0.4) is 0 Å². The quantitative estimate of drug-likeness (QED) is 0.335. The second-order valence-electron chi connectivity index (χ2n) is 5.66. The van der Waals surface area contributed by atoms with Crippen molar-refractivity contribution in [2.24, 2.45) is 5.16 Å². The van der Waals surface area contributed by atoms with Crippen molar-refractivity contribution in [1.29, 1.82) is 0 Å². The monoisotopic (exact) mass is 347 g/mol. The van der Waals surface area contributed by atoms with E-state index in [4.69, 9.17) is 4.84 Å². The number of likely N-dealkylation sites (N-methyl/N-ethyl adjacent to an activating group) is 1. The maximum atomic E-state index is 12.8. The summed E-state index contributed by atoms with van der Waals surface area (Å²) in [5, 5.41) is 3.78. The molecule has 1 aliphatic heterocycles. The van der Waals surface area contributed by atoms with Crippen LogP contribution in [-0.4, -0.2) is 61.2 Å². The first-order chi connectivity index (χ1) is 11.9. The van der Waals surface area contributed by atoms with Gasteiger partial charge in [0.2, 0.25) is 0 Å². The highest BCUT2D eigenvalue weighted by Crippen LogP contribution is 2.35. The van der Waals surface area contributed by atoms with Crippen LogP contribution in [0.2, 0.25) is 0 Å². The molecule has 3 amide bonds. The van der Waals surface area contributed by atoms with E-state index >= 15 is 0 Å². The van der Waals surface area contributed by atoms with Gasteiger partial charge in [0, 0.05) is 7.05 Å². The van der Waals surface area contributed by atoms with Crippen LogP contribution < -0.4 is 0 Å². The summed E-state index contributed by atoms with van der Waals surface area (Å²) in [6.07, 6.45) is 1.56. The molecule has 2 rings (SSSR count). The minimum absolute atomic E-state index is 0.410. The molecule has 25 heavy (non-hydrogen) atoms. The van der Waals surface area contributed by atoms with Crippen molar-refractivity contribution in [3.63, 3.8) is 0 Å². The number of imide groups is 1. The average molecular weight is 347 g/mol. The van der Waals surface area contributed by atoms with Crippen molar-refractivity contribution in [2.75, 3.05) is 27.3 Å². The molecule has 8 heteroatoms. The standard InChI is InChI=1S/C17H21N3O5/c1-5-25-18-10-12-6-8-13(9-7-12)17(2)15(22)20(11-14(21)24-4)16(23)19(17)3/h6-10H,5,11H2,1-4H3. The molecule has 0 spiro atoms. The summed E-state index contributed by atoms with van der Waals surface area (Å²) < 4.78 is 4.55. The summed E-state index contributed by atoms with van der Waals surface area (Å²) in [4.78, 5) is 43.8. The number of ether oxygens (including phenoxy) is 1. The molecule has 1 fully saturated rings. The van der Waals surface area contributed by atoms with Crippen molar-refractivity contribution in [3.05, 3.63) is 35.4 Å². The molecule has 134 valence electrons. The fraction of sp³-hybridized carbons (Fsp3) is 0.412. The zero-order valence-electron chi connectivity index (χ0n) is 14.7. The molecule has 0 bridgehead atoms. The van der Waals surface area contributed by atoms with Crippen molar-refractivity contribution < 1.29 is 24.0 Å². The van der Waals surface area contributed by atoms with Crippen LogP contribution in [0, 0.1) is 0 Å². The number of urea groups is 1. The zero-order valence-corrected chi connectivity index (χ0v) is 14.7. The molecule has 0 aromatic heterocycles. The number of carbonyl (C=O) groups excluding carboxylic acids is 3. The molecule has 1 atom stereocenters. The van der Waals surface area contributed by atoms with Gasteiger partial charge in [-0.25, -0.2) is 4.79 Å². The summed E-state index contributed by atoms with van der Waals surface area (Å²) in [5.41, 5.74) is 0.238. The van der Waals surface area contributed by atoms with Gasteiger partial charge in [0.1, 0.15) is 18.7 Å². The van der Waals surface area contributed by atoms with Crippen molar-refractivity contribution in [1.82, 2.24) is 9.80 Å². The highest BCUT2D eigenvalue weighted by atomic mass is 16.6. The van der Waals surface area contributed by atoms with Crippen LogP contribution in [0.25, 0.3) is 0 Å². The Morgan fingerprint density at radius 2 is 1.92 bits per heavy atom. The molecule has 1 saturated heterocycles. The number of rotatable bonds is 6. The van der Waals surface area contributed by atoms with E-state index < -0.39 is 30.0 Å². The van der Waals surface area contributed by atoms with Gasteiger partial charge in [0.15, 0.2) is 0 Å². The molecule has 1 heterocycles. The summed E-state index contributed by atoms with van der Waals surface area (Å²) in [6, 6.07) is 6.50. The van der Waals surface area contributed by atoms with Gasteiger partial charge in [-0.2, -0.15) is 0 Å². The number of hydrogen-bond acceptors (Lipinski definition) is 6. The van der Waals surface area contributed by atoms with E-state index in [0.717, 1.165) is 10.5 Å². The van der Waals surface area contributed by atoms with Gasteiger partial charge < -0.3 is 14.5 Å². The molecule has 0 radical (unpaired) electrons. The number of methoxy groups -OCH3 is 1. The highest BCUT2D eigenvalue weighted by Gasteiger charge is 2.54. The number of benzene rings is 1. The lowest BCUT2D eigenvalue weighted by Gasteiger charge is -2.29. The third-order valence-corrected chi connectivity index (χ3v) is 4.24. The van der Waals surface area contributed by atoms with Crippen molar-refractivity contribution in [2.45, 2.75) is 19.4 Å². The number of oxime groups is 1. The number of hydrogen-bond donors (Lipinski definition) is 0. The van der Waals surface area contributed by atoms with Crippen molar-refractivity contribution >= 4 is 24.1 Å². The highest BCUT2D eigenvalue weighted by molar-refractivity contribution is 6.08. The Morgan fingerprint density at radius 3 is 2.48 bits per heavy atom. The number of esters is 1. The fourth-order valence-electron chi connectivity index (χ4n) is 2.58. The third-order valence-electron chi connectivity index (χ3n) is 4.24. The first-order valence-corrected chi connectivity index (χ1v) is 7.78. The number of carbonyl (C=O) groups is 3. The normalized spacial score (nSPS) is 20.5. The Labute approximate surface area is 146 Å². The maximum absolute atomic E-state index is 12.8. The van der Waals surface area contributed by atoms with Gasteiger partial charge in [-0.1, -0.05) is 29.4 Å². The SMILES string of the molecule is CCON=Cc1ccc(C2(C)C(=O)N(CC(=O)OC)C(=O)N2C)cc1. The fourth-order valence-corrected chi connectivity index (χ4v) is 2.58. The first kappa shape index (κ1) is 18.4. The summed E-state index contributed by atoms with van der Waals surface area (Å²) >= 11 is 0. The van der Waals surface area contributed by atoms with Gasteiger partial charge in [-0.3, -0.25) is 14.5 Å². The van der Waals surface area contributed by atoms with Crippen LogP contribution in [0.1, 0.15) is 25.0 Å². The molecule has 1 aromatic rings. The second kappa shape index (κ2) is 7.33. The molecule has 1 aliphatic rings. The van der Waals surface area contributed by atoms with E-state index in [-0.39, 0.29) is 0 Å². The largest absolute Gasteiger partial charge is 0.468 e. The molecular weight excluding hydrogens is 326 g/mol. The Kier molecular flexibility index (Phi) is 5.41. The molecule has 8 nitrogen and oxygen atoms in total. The minimum atomic E-state index is -1.19. The predicted octanol–water partition coefficient (Wildman–Crippen LogP) is 1.34. The summed E-state index contributed by atoms with van der Waals surface area (Å²) in [7, 11) is 2.74. The molecule has 0 saturated carbocycles. The van der Waals surface area contributed by atoms with E-state index in [2.05, 4.69) is 9.89 Å². The van der Waals surface area contributed by atoms with Gasteiger partial charge in [0.25, 0.3) is 5.91 Å². The van der Waals surface area contributed by atoms with Gasteiger partial charge in [0.05, 0.1) is 13.3 Å². The summed E-state index contributed by atoms with van der Waals surface area (Å²) in [5.74, 6) is -1.12. The van der Waals surface area contributed by atoms with Crippen LogP contribution in [0.15, 0.2) is 29.4 Å². The molecule has 0 aliphatic carbocycles. The first-order valence-electron chi connectivity index (χ1n) is 7.78. The van der Waals surface area contributed by atoms with E-state index in [0.29, 0.717) is 12.2 Å². The predicted molar refractivity (Wildman–Crippen MR) is 89.9 cm³/mol. The second-order valence-corrected chi connectivity index (χ2v) is 5.66. The van der Waals surface area contributed by atoms with Crippen LogP contribution in [0.5, 0.6) is 0 Å². The topological polar surface area (TPSA) is 88.5 Å². The van der Waals surface area contributed by atoms with E-state index in [9.17, 15) is 14.4 Å². The number of amides is 3. The van der Waals surface area contributed by atoms with E-state index in [1.54, 1.807) is 37.4 Å². The average Bonchev–Trinajstić information content (AvgIpc) is 2.78. The summed E-state index contributed by atoms with van der Waals surface area (Å²) in [6.45, 7) is 3.55. The third kappa shape index (κ3) is 3.33. The lowest BCUT2D eigenvalue weighted by Crippen LogP contribution is -2.42. The lowest BCUT2D eigenvalue weighted by molar-refractivity contribution is -0.145. The van der Waals surface area contributed by atoms with Gasteiger partial charge in [-0.15, -0.1) is 0 Å². The van der Waals surface area contributed by atoms with Crippen LogP contribution >= 0.6 is 0 Å². The van der Waals surface area contributed by atoms with Gasteiger partial charge in [-0.05, 0) is 25.0 Å². The van der Waals surface area contributed by atoms with Crippen molar-refractivity contribution in [3.8, 4) is 0 Å².